The molecule has 0 aliphatic carbocycles. The van der Waals surface area contributed by atoms with E-state index in [9.17, 15) is 9.59 Å². The molecule has 1 fully saturated rings. The minimum Gasteiger partial charge on any atom is -0.496 e. The number of likely N-dealkylation sites (tertiary alicyclic amines) is 1. The number of imidazole rings is 1. The van der Waals surface area contributed by atoms with Crippen molar-refractivity contribution in [1.29, 1.82) is 0 Å². The number of nitrogens with one attached hydrogen (secondary N) is 2. The lowest BCUT2D eigenvalue weighted by atomic mass is 10.1. The SMILES string of the molecule is C=CC(=O)N1CCCC1c1nc(-c2ccc(C(=O)Nc3ccccn3)c(OC)c2)c2c(NC)nccn12. The van der Waals surface area contributed by atoms with E-state index in [2.05, 4.69) is 27.2 Å². The molecule has 0 saturated carbocycles. The van der Waals surface area contributed by atoms with Crippen molar-refractivity contribution < 1.29 is 14.3 Å². The first-order valence-corrected chi connectivity index (χ1v) is 11.9. The largest absolute Gasteiger partial charge is 0.496 e. The van der Waals surface area contributed by atoms with Crippen LogP contribution in [0.25, 0.3) is 16.8 Å². The van der Waals surface area contributed by atoms with E-state index in [4.69, 9.17) is 9.72 Å². The molecule has 3 aromatic heterocycles. The number of rotatable bonds is 7. The third-order valence-corrected chi connectivity index (χ3v) is 6.45. The minimum atomic E-state index is -0.334. The first-order valence-electron chi connectivity index (χ1n) is 11.9. The van der Waals surface area contributed by atoms with Gasteiger partial charge in [-0.2, -0.15) is 0 Å². The Labute approximate surface area is 214 Å². The molecule has 1 atom stereocenters. The molecule has 4 heterocycles. The molecule has 1 aliphatic heterocycles. The van der Waals surface area contributed by atoms with E-state index in [0.29, 0.717) is 35.2 Å². The number of pyridine rings is 1. The van der Waals surface area contributed by atoms with E-state index < -0.39 is 0 Å². The van der Waals surface area contributed by atoms with Crippen LogP contribution >= 0.6 is 0 Å². The Kier molecular flexibility index (Phi) is 6.55. The molecule has 0 spiro atoms. The second-order valence-corrected chi connectivity index (χ2v) is 8.54. The van der Waals surface area contributed by atoms with Crippen molar-refractivity contribution in [3.63, 3.8) is 0 Å². The van der Waals surface area contributed by atoms with Crippen molar-refractivity contribution in [2.45, 2.75) is 18.9 Å². The van der Waals surface area contributed by atoms with Gasteiger partial charge in [0.25, 0.3) is 5.91 Å². The molecule has 1 aromatic carbocycles. The molecule has 37 heavy (non-hydrogen) atoms. The lowest BCUT2D eigenvalue weighted by Gasteiger charge is -2.22. The van der Waals surface area contributed by atoms with Crippen molar-refractivity contribution in [2.75, 3.05) is 31.3 Å². The molecule has 188 valence electrons. The van der Waals surface area contributed by atoms with Crippen molar-refractivity contribution in [3.05, 3.63) is 79.0 Å². The van der Waals surface area contributed by atoms with Gasteiger partial charge in [0.2, 0.25) is 5.91 Å². The molecule has 10 heteroatoms. The predicted molar refractivity (Wildman–Crippen MR) is 141 cm³/mol. The number of benzene rings is 1. The fraction of sp³-hybridized carbons (Fsp3) is 0.222. The lowest BCUT2D eigenvalue weighted by molar-refractivity contribution is -0.127. The van der Waals surface area contributed by atoms with Crippen LogP contribution in [-0.4, -0.2) is 56.8 Å². The summed E-state index contributed by atoms with van der Waals surface area (Å²) < 4.78 is 7.57. The number of aromatic nitrogens is 4. The molecular weight excluding hydrogens is 470 g/mol. The van der Waals surface area contributed by atoms with Crippen LogP contribution in [0.2, 0.25) is 0 Å². The number of methoxy groups -OCH3 is 1. The zero-order chi connectivity index (χ0) is 25.9. The van der Waals surface area contributed by atoms with Gasteiger partial charge in [-0.25, -0.2) is 15.0 Å². The van der Waals surface area contributed by atoms with Crippen LogP contribution < -0.4 is 15.4 Å². The normalized spacial score (nSPS) is 15.0. The molecule has 1 aliphatic rings. The Morgan fingerprint density at radius 1 is 1.19 bits per heavy atom. The molecule has 2 amide bonds. The van der Waals surface area contributed by atoms with Gasteiger partial charge in [0.15, 0.2) is 5.82 Å². The van der Waals surface area contributed by atoms with Gasteiger partial charge in [0.1, 0.15) is 28.6 Å². The third kappa shape index (κ3) is 4.37. The van der Waals surface area contributed by atoms with Gasteiger partial charge in [-0.15, -0.1) is 0 Å². The van der Waals surface area contributed by atoms with Crippen molar-refractivity contribution >= 4 is 29.0 Å². The van der Waals surface area contributed by atoms with Crippen molar-refractivity contribution in [3.8, 4) is 17.0 Å². The molecule has 1 unspecified atom stereocenters. The average molecular weight is 498 g/mol. The van der Waals surface area contributed by atoms with Gasteiger partial charge >= 0.3 is 0 Å². The Morgan fingerprint density at radius 2 is 2.05 bits per heavy atom. The molecule has 0 radical (unpaired) electrons. The molecular formula is C27H27N7O3. The highest BCUT2D eigenvalue weighted by Gasteiger charge is 2.33. The summed E-state index contributed by atoms with van der Waals surface area (Å²) in [5.41, 5.74) is 2.55. The Bertz CT molecular complexity index is 1480. The highest BCUT2D eigenvalue weighted by atomic mass is 16.5. The molecule has 1 saturated heterocycles. The van der Waals surface area contributed by atoms with Crippen molar-refractivity contribution in [2.24, 2.45) is 0 Å². The van der Waals surface area contributed by atoms with Crippen LogP contribution in [0.1, 0.15) is 35.1 Å². The molecule has 2 N–H and O–H groups in total. The predicted octanol–water partition coefficient (Wildman–Crippen LogP) is 3.94. The first-order chi connectivity index (χ1) is 18.0. The summed E-state index contributed by atoms with van der Waals surface area (Å²) in [6.45, 7) is 4.31. The van der Waals surface area contributed by atoms with E-state index in [1.165, 1.54) is 13.2 Å². The van der Waals surface area contributed by atoms with Crippen LogP contribution in [0.3, 0.4) is 0 Å². The van der Waals surface area contributed by atoms with Gasteiger partial charge in [-0.05, 0) is 43.2 Å². The summed E-state index contributed by atoms with van der Waals surface area (Å²) in [5, 5.41) is 5.93. The van der Waals surface area contributed by atoms with Gasteiger partial charge in [-0.3, -0.25) is 14.0 Å². The average Bonchev–Trinajstić information content (AvgIpc) is 3.58. The molecule has 4 aromatic rings. The van der Waals surface area contributed by atoms with E-state index >= 15 is 0 Å². The molecule has 0 bridgehead atoms. The zero-order valence-electron chi connectivity index (χ0n) is 20.6. The fourth-order valence-electron chi connectivity index (χ4n) is 4.74. The number of fused-ring (bicyclic) bond motifs is 1. The minimum absolute atomic E-state index is 0.117. The smallest absolute Gasteiger partial charge is 0.260 e. The summed E-state index contributed by atoms with van der Waals surface area (Å²) in [7, 11) is 3.32. The van der Waals surface area contributed by atoms with E-state index in [1.54, 1.807) is 54.7 Å². The third-order valence-electron chi connectivity index (χ3n) is 6.45. The highest BCUT2D eigenvalue weighted by molar-refractivity contribution is 6.06. The summed E-state index contributed by atoms with van der Waals surface area (Å²) in [6, 6.07) is 10.4. The van der Waals surface area contributed by atoms with Crippen LogP contribution in [-0.2, 0) is 4.79 Å². The summed E-state index contributed by atoms with van der Waals surface area (Å²) in [5.74, 6) is 1.78. The number of hydrogen-bond donors (Lipinski definition) is 2. The quantitative estimate of drug-likeness (QED) is 0.372. The molecule has 5 rings (SSSR count). The van der Waals surface area contributed by atoms with Crippen molar-refractivity contribution in [1.82, 2.24) is 24.3 Å². The maximum Gasteiger partial charge on any atom is 0.260 e. The van der Waals surface area contributed by atoms with Gasteiger partial charge in [0, 0.05) is 37.7 Å². The number of carbonyl (C=O) groups excluding carboxylic acids is 2. The van der Waals surface area contributed by atoms with E-state index in [1.807, 2.05) is 16.7 Å². The number of nitrogens with zero attached hydrogens (tertiary/aromatic N) is 5. The Morgan fingerprint density at radius 3 is 2.78 bits per heavy atom. The van der Waals surface area contributed by atoms with Gasteiger partial charge in [-0.1, -0.05) is 18.7 Å². The number of anilines is 2. The summed E-state index contributed by atoms with van der Waals surface area (Å²) in [6.07, 6.45) is 8.18. The van der Waals surface area contributed by atoms with Gasteiger partial charge < -0.3 is 20.3 Å². The standard InChI is InChI=1S/C27H27N7O3/c1-4-22(35)33-14-7-8-19(33)26-32-23(24-25(28-2)30-13-15-34(24)26)17-10-11-18(20(16-17)37-3)27(36)31-21-9-5-6-12-29-21/h4-6,9-13,15-16,19H,1,7-8,14H2,2-3H3,(H,28,30)(H,29,31,36). The van der Waals surface area contributed by atoms with Gasteiger partial charge in [0.05, 0.1) is 18.7 Å². The monoisotopic (exact) mass is 497 g/mol. The lowest BCUT2D eigenvalue weighted by Crippen LogP contribution is -2.29. The summed E-state index contributed by atoms with van der Waals surface area (Å²) in [4.78, 5) is 40.9. The maximum absolute atomic E-state index is 12.9. The number of ether oxygens (including phenoxy) is 1. The second-order valence-electron chi connectivity index (χ2n) is 8.54. The first kappa shape index (κ1) is 24.0. The van der Waals surface area contributed by atoms with Crippen LogP contribution in [0.5, 0.6) is 5.75 Å². The highest BCUT2D eigenvalue weighted by Crippen LogP contribution is 2.38. The van der Waals surface area contributed by atoms with E-state index in [0.717, 1.165) is 29.7 Å². The zero-order valence-corrected chi connectivity index (χ0v) is 20.6. The topological polar surface area (TPSA) is 114 Å². The summed E-state index contributed by atoms with van der Waals surface area (Å²) >= 11 is 0. The van der Waals surface area contributed by atoms with Crippen LogP contribution in [0.4, 0.5) is 11.6 Å². The second kappa shape index (κ2) is 10.1. The maximum atomic E-state index is 12.9. The van der Waals surface area contributed by atoms with Crippen LogP contribution in [0.15, 0.2) is 67.6 Å². The molecule has 10 nitrogen and oxygen atoms in total. The number of amides is 2. The number of hydrogen-bond acceptors (Lipinski definition) is 7. The number of carbonyl (C=O) groups is 2. The van der Waals surface area contributed by atoms with Crippen LogP contribution in [0, 0.1) is 0 Å². The Hall–Kier alpha value is -4.73. The van der Waals surface area contributed by atoms with E-state index in [-0.39, 0.29) is 17.9 Å². The Balaban J connectivity index is 1.60. The fourth-order valence-corrected chi connectivity index (χ4v) is 4.74.